The minimum absolute atomic E-state index is 0.292. The summed E-state index contributed by atoms with van der Waals surface area (Å²) in [6.45, 7) is 3.30. The van der Waals surface area contributed by atoms with Crippen molar-refractivity contribution in [1.82, 2.24) is 0 Å². The van der Waals surface area contributed by atoms with Gasteiger partial charge in [0.2, 0.25) is 5.75 Å². The molecule has 0 saturated heterocycles. The highest BCUT2D eigenvalue weighted by Gasteiger charge is 2.21. The Balaban J connectivity index is 3.16. The average Bonchev–Trinajstić information content (AvgIpc) is 2.42. The van der Waals surface area contributed by atoms with E-state index in [9.17, 15) is 4.79 Å². The predicted molar refractivity (Wildman–Crippen MR) is 66.1 cm³/mol. The largest absolute Gasteiger partial charge is 0.493 e. The minimum Gasteiger partial charge on any atom is -0.493 e. The summed E-state index contributed by atoms with van der Waals surface area (Å²) in [6.07, 6.45) is 0.640. The van der Waals surface area contributed by atoms with Crippen LogP contribution in [-0.2, 0) is 4.74 Å². The van der Waals surface area contributed by atoms with E-state index in [1.54, 1.807) is 12.1 Å². The predicted octanol–water partition coefficient (Wildman–Crippen LogP) is 2.44. The van der Waals surface area contributed by atoms with Crippen molar-refractivity contribution in [1.29, 1.82) is 0 Å². The summed E-state index contributed by atoms with van der Waals surface area (Å²) in [5.41, 5.74) is 0.292. The molecule has 0 saturated carbocycles. The summed E-state index contributed by atoms with van der Waals surface area (Å²) in [5.74, 6) is 0.664. The molecule has 18 heavy (non-hydrogen) atoms. The molecule has 0 amide bonds. The normalized spacial score (nSPS) is 9.78. The molecule has 5 nitrogen and oxygen atoms in total. The highest BCUT2D eigenvalue weighted by atomic mass is 16.5. The van der Waals surface area contributed by atoms with Gasteiger partial charge < -0.3 is 18.9 Å². The van der Waals surface area contributed by atoms with Gasteiger partial charge in [-0.05, 0) is 18.6 Å². The second-order valence-electron chi connectivity index (χ2n) is 3.36. The summed E-state index contributed by atoms with van der Waals surface area (Å²) < 4.78 is 20.5. The summed E-state index contributed by atoms with van der Waals surface area (Å²) in [5, 5.41) is 0. The third-order valence-electron chi connectivity index (χ3n) is 2.28. The zero-order chi connectivity index (χ0) is 13.5. The Labute approximate surface area is 107 Å². The Hall–Kier alpha value is -1.91. The fraction of sp³-hybridized carbons (Fsp3) is 0.385. The lowest BCUT2D eigenvalue weighted by Gasteiger charge is -2.14. The van der Waals surface area contributed by atoms with Crippen LogP contribution in [0.3, 0.4) is 0 Å². The quantitative estimate of drug-likeness (QED) is 0.729. The molecular weight excluding hydrogens is 236 g/mol. The fourth-order valence-electron chi connectivity index (χ4n) is 1.48. The molecule has 0 bridgehead atoms. The van der Waals surface area contributed by atoms with Crippen LogP contribution in [-0.4, -0.2) is 27.3 Å². The van der Waals surface area contributed by atoms with E-state index >= 15 is 0 Å². The van der Waals surface area contributed by atoms with Gasteiger partial charge >= 0.3 is 5.97 Å². The maximum absolute atomic E-state index is 11.8. The van der Waals surface area contributed by atoms with Crippen LogP contribution in [0.2, 0.25) is 0 Å². The maximum atomic E-state index is 11.8. The Morgan fingerprint density at radius 2 is 1.78 bits per heavy atom. The molecule has 1 aromatic carbocycles. The molecule has 0 aromatic heterocycles. The van der Waals surface area contributed by atoms with Crippen molar-refractivity contribution in [3.8, 4) is 17.2 Å². The van der Waals surface area contributed by atoms with Gasteiger partial charge in [0.05, 0.1) is 21.3 Å². The van der Waals surface area contributed by atoms with Gasteiger partial charge in [-0.3, -0.25) is 0 Å². The van der Waals surface area contributed by atoms with Crippen LogP contribution in [0, 0.1) is 6.61 Å². The van der Waals surface area contributed by atoms with Crippen molar-refractivity contribution in [2.24, 2.45) is 0 Å². The highest BCUT2D eigenvalue weighted by molar-refractivity contribution is 5.94. The van der Waals surface area contributed by atoms with Gasteiger partial charge in [-0.2, -0.15) is 0 Å². The van der Waals surface area contributed by atoms with Crippen LogP contribution in [0.5, 0.6) is 17.2 Å². The Bertz CT molecular complexity index is 414. The van der Waals surface area contributed by atoms with Crippen LogP contribution in [0.4, 0.5) is 0 Å². The minimum atomic E-state index is -0.491. The number of hydrogen-bond acceptors (Lipinski definition) is 5. The first-order chi connectivity index (χ1) is 8.69. The molecule has 0 atom stereocenters. The van der Waals surface area contributed by atoms with E-state index < -0.39 is 5.97 Å². The van der Waals surface area contributed by atoms with Crippen LogP contribution >= 0.6 is 0 Å². The number of methoxy groups -OCH3 is 3. The third-order valence-corrected chi connectivity index (χ3v) is 2.28. The topological polar surface area (TPSA) is 54.0 Å². The fourth-order valence-corrected chi connectivity index (χ4v) is 1.48. The Morgan fingerprint density at radius 1 is 1.11 bits per heavy atom. The van der Waals surface area contributed by atoms with E-state index in [0.29, 0.717) is 29.2 Å². The molecule has 0 spiro atoms. The summed E-state index contributed by atoms with van der Waals surface area (Å²) in [4.78, 5) is 11.8. The summed E-state index contributed by atoms with van der Waals surface area (Å²) >= 11 is 0. The van der Waals surface area contributed by atoms with Gasteiger partial charge in [0, 0.05) is 0 Å². The van der Waals surface area contributed by atoms with Gasteiger partial charge in [-0.25, -0.2) is 4.79 Å². The maximum Gasteiger partial charge on any atom is 0.342 e. The van der Waals surface area contributed by atoms with Gasteiger partial charge in [-0.1, -0.05) is 6.92 Å². The smallest absolute Gasteiger partial charge is 0.342 e. The van der Waals surface area contributed by atoms with Gasteiger partial charge in [0.1, 0.15) is 12.2 Å². The zero-order valence-electron chi connectivity index (χ0n) is 11.0. The first-order valence-corrected chi connectivity index (χ1v) is 5.51. The Kier molecular flexibility index (Phi) is 5.30. The van der Waals surface area contributed by atoms with Crippen molar-refractivity contribution in [3.63, 3.8) is 0 Å². The van der Waals surface area contributed by atoms with Gasteiger partial charge in [0.15, 0.2) is 11.5 Å². The number of esters is 1. The van der Waals surface area contributed by atoms with Crippen molar-refractivity contribution < 1.29 is 23.7 Å². The number of rotatable bonds is 6. The second-order valence-corrected chi connectivity index (χ2v) is 3.36. The van der Waals surface area contributed by atoms with Crippen molar-refractivity contribution >= 4 is 5.97 Å². The van der Waals surface area contributed by atoms with E-state index in [1.807, 2.05) is 6.92 Å². The van der Waals surface area contributed by atoms with Crippen molar-refractivity contribution in [2.45, 2.75) is 13.3 Å². The molecule has 99 valence electrons. The lowest BCUT2D eigenvalue weighted by Crippen LogP contribution is -2.07. The first-order valence-electron chi connectivity index (χ1n) is 5.51. The summed E-state index contributed by atoms with van der Waals surface area (Å²) in [6, 6.07) is 3.20. The molecule has 1 rings (SSSR count). The van der Waals surface area contributed by atoms with Crippen LogP contribution in [0.15, 0.2) is 12.1 Å². The lowest BCUT2D eigenvalue weighted by molar-refractivity contribution is 0.0597. The molecule has 0 aliphatic heterocycles. The van der Waals surface area contributed by atoms with E-state index in [1.165, 1.54) is 27.9 Å². The number of ether oxygens (including phenoxy) is 4. The molecular formula is C13H17O5. The first kappa shape index (κ1) is 14.2. The molecule has 5 heteroatoms. The third kappa shape index (κ3) is 2.85. The number of carbonyl (C=O) groups excluding carboxylic acids is 1. The van der Waals surface area contributed by atoms with Crippen LogP contribution in [0.25, 0.3) is 0 Å². The highest BCUT2D eigenvalue weighted by Crippen LogP contribution is 2.39. The standard InChI is InChI=1S/C13H17O5/c1-5-8-18-13(14)9-6-7-10(15-2)12(17-4)11(9)16-3/h6-8H,5H2,1-4H3. The van der Waals surface area contributed by atoms with Crippen molar-refractivity contribution in [3.05, 3.63) is 24.3 Å². The van der Waals surface area contributed by atoms with Crippen LogP contribution < -0.4 is 14.2 Å². The van der Waals surface area contributed by atoms with Crippen LogP contribution in [0.1, 0.15) is 23.7 Å². The monoisotopic (exact) mass is 253 g/mol. The molecule has 1 aromatic rings. The molecule has 0 aliphatic carbocycles. The van der Waals surface area contributed by atoms with E-state index in [2.05, 4.69) is 0 Å². The van der Waals surface area contributed by atoms with E-state index in [-0.39, 0.29) is 0 Å². The molecule has 0 fully saturated rings. The van der Waals surface area contributed by atoms with E-state index in [4.69, 9.17) is 18.9 Å². The van der Waals surface area contributed by atoms with Gasteiger partial charge in [-0.15, -0.1) is 0 Å². The molecule has 0 heterocycles. The molecule has 0 unspecified atom stereocenters. The molecule has 0 aliphatic rings. The zero-order valence-corrected chi connectivity index (χ0v) is 11.0. The second kappa shape index (κ2) is 6.74. The number of hydrogen-bond donors (Lipinski definition) is 0. The molecule has 0 N–H and O–H groups in total. The lowest BCUT2D eigenvalue weighted by atomic mass is 10.1. The number of carbonyl (C=O) groups is 1. The van der Waals surface area contributed by atoms with Gasteiger partial charge in [0.25, 0.3) is 0 Å². The number of benzene rings is 1. The average molecular weight is 253 g/mol. The summed E-state index contributed by atoms with van der Waals surface area (Å²) in [7, 11) is 4.45. The SMILES string of the molecule is CC[CH]OC(=O)c1ccc(OC)c(OC)c1OC. The Morgan fingerprint density at radius 3 is 2.28 bits per heavy atom. The van der Waals surface area contributed by atoms with E-state index in [0.717, 1.165) is 0 Å². The molecule has 1 radical (unpaired) electrons. The van der Waals surface area contributed by atoms with Crippen molar-refractivity contribution in [2.75, 3.05) is 21.3 Å².